The van der Waals surface area contributed by atoms with Crippen molar-refractivity contribution in [3.05, 3.63) is 22.2 Å². The number of anilines is 1. The van der Waals surface area contributed by atoms with E-state index in [9.17, 15) is 9.90 Å². The molecule has 4 N–H and O–H groups in total. The number of amides is 1. The van der Waals surface area contributed by atoms with Crippen LogP contribution in [-0.4, -0.2) is 17.6 Å². The van der Waals surface area contributed by atoms with E-state index >= 15 is 0 Å². The van der Waals surface area contributed by atoms with E-state index in [0.29, 0.717) is 18.5 Å². The number of carbonyl (C=O) groups excluding carboxylic acids is 1. The fourth-order valence-electron chi connectivity index (χ4n) is 1.85. The largest absolute Gasteiger partial charge is 0.505 e. The number of nitrogens with two attached hydrogens (primary N) is 1. The Morgan fingerprint density at radius 3 is 2.16 bits per heavy atom. The predicted molar refractivity (Wildman–Crippen MR) is 78.8 cm³/mol. The van der Waals surface area contributed by atoms with Crippen molar-refractivity contribution in [1.29, 1.82) is 0 Å². The third-order valence-electron chi connectivity index (χ3n) is 3.50. The molecule has 106 valence electrons. The molecular formula is C13H18Cl2N2O2. The number of benzene rings is 1. The van der Waals surface area contributed by atoms with Crippen LogP contribution in [0.3, 0.4) is 0 Å². The molecule has 6 heteroatoms. The number of nitrogens with one attached hydrogen (secondary N) is 1. The molecule has 0 unspecified atom stereocenters. The predicted octanol–water partition coefficient (Wildman–Crippen LogP) is 3.40. The van der Waals surface area contributed by atoms with E-state index in [4.69, 9.17) is 28.9 Å². The van der Waals surface area contributed by atoms with Crippen molar-refractivity contribution in [3.8, 4) is 5.75 Å². The summed E-state index contributed by atoms with van der Waals surface area (Å²) in [6.07, 6.45) is 1.29. The van der Waals surface area contributed by atoms with E-state index in [1.165, 1.54) is 12.1 Å². The van der Waals surface area contributed by atoms with Crippen LogP contribution in [0, 0.1) is 5.41 Å². The summed E-state index contributed by atoms with van der Waals surface area (Å²) in [5, 5.41) is 12.4. The molecule has 19 heavy (non-hydrogen) atoms. The number of carbonyl (C=O) groups is 1. The molecule has 0 aliphatic heterocycles. The number of hydrogen-bond acceptors (Lipinski definition) is 3. The van der Waals surface area contributed by atoms with Crippen molar-refractivity contribution in [2.45, 2.75) is 26.7 Å². The minimum absolute atomic E-state index is 0.0918. The van der Waals surface area contributed by atoms with Gasteiger partial charge in [0.1, 0.15) is 0 Å². The molecule has 4 nitrogen and oxygen atoms in total. The van der Waals surface area contributed by atoms with Gasteiger partial charge in [-0.3, -0.25) is 4.79 Å². The van der Waals surface area contributed by atoms with Gasteiger partial charge in [0.05, 0.1) is 15.5 Å². The van der Waals surface area contributed by atoms with Gasteiger partial charge < -0.3 is 16.2 Å². The Bertz CT molecular complexity index is 442. The first kappa shape index (κ1) is 16.1. The molecule has 1 rings (SSSR count). The highest BCUT2D eigenvalue weighted by molar-refractivity contribution is 6.37. The highest BCUT2D eigenvalue weighted by atomic mass is 35.5. The highest BCUT2D eigenvalue weighted by Gasteiger charge is 2.33. The lowest BCUT2D eigenvalue weighted by Crippen LogP contribution is -2.41. The van der Waals surface area contributed by atoms with Crippen molar-refractivity contribution < 1.29 is 9.90 Å². The maximum absolute atomic E-state index is 12.3. The minimum Gasteiger partial charge on any atom is -0.505 e. The van der Waals surface area contributed by atoms with Crippen LogP contribution >= 0.6 is 23.2 Å². The van der Waals surface area contributed by atoms with Gasteiger partial charge in [-0.2, -0.15) is 0 Å². The number of hydrogen-bond donors (Lipinski definition) is 3. The summed E-state index contributed by atoms with van der Waals surface area (Å²) >= 11 is 11.6. The zero-order valence-electron chi connectivity index (χ0n) is 11.0. The van der Waals surface area contributed by atoms with E-state index in [0.717, 1.165) is 0 Å². The molecule has 1 amide bonds. The van der Waals surface area contributed by atoms with Crippen molar-refractivity contribution in [1.82, 2.24) is 0 Å². The number of aromatic hydroxyl groups is 1. The van der Waals surface area contributed by atoms with E-state index < -0.39 is 5.41 Å². The van der Waals surface area contributed by atoms with Crippen molar-refractivity contribution in [2.75, 3.05) is 11.9 Å². The summed E-state index contributed by atoms with van der Waals surface area (Å²) in [5.41, 5.74) is 5.56. The van der Waals surface area contributed by atoms with Crippen LogP contribution < -0.4 is 11.1 Å². The lowest BCUT2D eigenvalue weighted by atomic mass is 9.81. The average Bonchev–Trinajstić information content (AvgIpc) is 2.38. The summed E-state index contributed by atoms with van der Waals surface area (Å²) in [6, 6.07) is 2.90. The summed E-state index contributed by atoms with van der Waals surface area (Å²) in [4.78, 5) is 12.3. The topological polar surface area (TPSA) is 75.4 Å². The monoisotopic (exact) mass is 304 g/mol. The second-order valence-electron chi connectivity index (χ2n) is 4.43. The summed E-state index contributed by atoms with van der Waals surface area (Å²) < 4.78 is 0. The van der Waals surface area contributed by atoms with Gasteiger partial charge in [-0.1, -0.05) is 37.0 Å². The second kappa shape index (κ2) is 6.46. The van der Waals surface area contributed by atoms with E-state index in [2.05, 4.69) is 5.32 Å². The lowest BCUT2D eigenvalue weighted by molar-refractivity contribution is -0.125. The number of rotatable bonds is 5. The van der Waals surface area contributed by atoms with Gasteiger partial charge in [0.25, 0.3) is 0 Å². The first-order valence-electron chi connectivity index (χ1n) is 6.09. The smallest absolute Gasteiger partial charge is 0.231 e. The third kappa shape index (κ3) is 3.32. The summed E-state index contributed by atoms with van der Waals surface area (Å²) in [6.45, 7) is 4.12. The Balaban J connectivity index is 2.99. The maximum Gasteiger partial charge on any atom is 0.231 e. The molecule has 0 aliphatic carbocycles. The average molecular weight is 305 g/mol. The zero-order valence-corrected chi connectivity index (χ0v) is 12.5. The van der Waals surface area contributed by atoms with E-state index in [-0.39, 0.29) is 28.2 Å². The number of phenolic OH excluding ortho intramolecular Hbond substituents is 1. The Morgan fingerprint density at radius 1 is 1.32 bits per heavy atom. The standard InChI is InChI=1S/C13H18Cl2N2O2/c1-3-13(4-2,7-16)12(19)17-8-5-9(14)11(18)10(15)6-8/h5-6,18H,3-4,7,16H2,1-2H3,(H,17,19). The molecule has 1 aromatic carbocycles. The first-order valence-corrected chi connectivity index (χ1v) is 6.85. The lowest BCUT2D eigenvalue weighted by Gasteiger charge is -2.28. The quantitative estimate of drug-likeness (QED) is 0.730. The summed E-state index contributed by atoms with van der Waals surface area (Å²) in [5.74, 6) is -0.366. The molecule has 0 atom stereocenters. The van der Waals surface area contributed by atoms with E-state index in [1.807, 2.05) is 13.8 Å². The van der Waals surface area contributed by atoms with E-state index in [1.54, 1.807) is 0 Å². The van der Waals surface area contributed by atoms with Crippen LogP contribution in [0.15, 0.2) is 12.1 Å². The molecule has 0 spiro atoms. The second-order valence-corrected chi connectivity index (χ2v) is 5.25. The van der Waals surface area contributed by atoms with Gasteiger partial charge in [-0.05, 0) is 25.0 Å². The Kier molecular flexibility index (Phi) is 5.47. The van der Waals surface area contributed by atoms with Crippen LogP contribution in [0.2, 0.25) is 10.0 Å². The van der Waals surface area contributed by atoms with Gasteiger partial charge >= 0.3 is 0 Å². The number of halogens is 2. The molecule has 1 aromatic rings. The third-order valence-corrected chi connectivity index (χ3v) is 4.08. The minimum atomic E-state index is -0.600. The molecule has 0 aromatic heterocycles. The van der Waals surface area contributed by atoms with Gasteiger partial charge in [-0.15, -0.1) is 0 Å². The fourth-order valence-corrected chi connectivity index (χ4v) is 2.34. The van der Waals surface area contributed by atoms with Crippen LogP contribution in [0.4, 0.5) is 5.69 Å². The van der Waals surface area contributed by atoms with Gasteiger partial charge in [-0.25, -0.2) is 0 Å². The van der Waals surface area contributed by atoms with Crippen molar-refractivity contribution >= 4 is 34.8 Å². The SMILES string of the molecule is CCC(CC)(CN)C(=O)Nc1cc(Cl)c(O)c(Cl)c1. The molecule has 0 fully saturated rings. The van der Waals surface area contributed by atoms with Gasteiger partial charge in [0.15, 0.2) is 5.75 Å². The summed E-state index contributed by atoms with van der Waals surface area (Å²) in [7, 11) is 0. The maximum atomic E-state index is 12.3. The van der Waals surface area contributed by atoms with Gasteiger partial charge in [0, 0.05) is 12.2 Å². The van der Waals surface area contributed by atoms with Crippen LogP contribution in [0.25, 0.3) is 0 Å². The van der Waals surface area contributed by atoms with Crippen LogP contribution in [0.1, 0.15) is 26.7 Å². The highest BCUT2D eigenvalue weighted by Crippen LogP contribution is 2.35. The fraction of sp³-hybridized carbons (Fsp3) is 0.462. The van der Waals surface area contributed by atoms with Gasteiger partial charge in [0.2, 0.25) is 5.91 Å². The normalized spacial score (nSPS) is 11.4. The first-order chi connectivity index (χ1) is 8.90. The molecule has 0 saturated heterocycles. The van der Waals surface area contributed by atoms with Crippen LogP contribution in [0.5, 0.6) is 5.75 Å². The molecule has 0 radical (unpaired) electrons. The Morgan fingerprint density at radius 2 is 1.79 bits per heavy atom. The number of phenols is 1. The Hall–Kier alpha value is -0.970. The molecule has 0 heterocycles. The molecule has 0 bridgehead atoms. The zero-order chi connectivity index (χ0) is 14.6. The Labute approximate surface area is 122 Å². The van der Waals surface area contributed by atoms with Crippen molar-refractivity contribution in [3.63, 3.8) is 0 Å². The molecule has 0 aliphatic rings. The van der Waals surface area contributed by atoms with Crippen molar-refractivity contribution in [2.24, 2.45) is 11.1 Å². The molecular weight excluding hydrogens is 287 g/mol. The molecule has 0 saturated carbocycles. The van der Waals surface area contributed by atoms with Crippen LogP contribution in [-0.2, 0) is 4.79 Å².